The molecule has 0 saturated carbocycles. The van der Waals surface area contributed by atoms with Crippen LogP contribution in [0.4, 0.5) is 0 Å². The van der Waals surface area contributed by atoms with E-state index in [0.717, 1.165) is 6.26 Å². The maximum Gasteiger partial charge on any atom is 0.338 e. The normalized spacial score (nSPS) is 10.3. The highest BCUT2D eigenvalue weighted by atomic mass is 16.4. The van der Waals surface area contributed by atoms with Gasteiger partial charge in [0.25, 0.3) is 5.91 Å². The van der Waals surface area contributed by atoms with Crippen molar-refractivity contribution in [2.75, 3.05) is 0 Å². The molecule has 0 unspecified atom stereocenters. The minimum Gasteiger partial charge on any atom is -0.478 e. The summed E-state index contributed by atoms with van der Waals surface area (Å²) in [5.41, 5.74) is -0.0582. The van der Waals surface area contributed by atoms with Crippen LogP contribution >= 0.6 is 0 Å². The average molecular weight is 249 g/mol. The van der Waals surface area contributed by atoms with Crippen LogP contribution in [-0.2, 0) is 13.6 Å². The van der Waals surface area contributed by atoms with Crippen LogP contribution < -0.4 is 5.32 Å². The maximum absolute atomic E-state index is 11.7. The highest BCUT2D eigenvalue weighted by Gasteiger charge is 2.14. The molecule has 0 aromatic carbocycles. The third kappa shape index (κ3) is 2.40. The van der Waals surface area contributed by atoms with Gasteiger partial charge in [0, 0.05) is 25.5 Å². The van der Waals surface area contributed by atoms with Crippen molar-refractivity contribution in [1.29, 1.82) is 0 Å². The quantitative estimate of drug-likeness (QED) is 0.828. The molecule has 0 radical (unpaired) electrons. The van der Waals surface area contributed by atoms with Gasteiger partial charge in [0.1, 0.15) is 12.1 Å². The van der Waals surface area contributed by atoms with Crippen LogP contribution in [0, 0.1) is 0 Å². The van der Waals surface area contributed by atoms with E-state index in [0.29, 0.717) is 5.82 Å². The Morgan fingerprint density at radius 3 is 2.89 bits per heavy atom. The number of carboxylic acids is 1. The Morgan fingerprint density at radius 2 is 2.33 bits per heavy atom. The molecule has 7 nitrogen and oxygen atoms in total. The van der Waals surface area contributed by atoms with E-state index < -0.39 is 11.9 Å². The number of furan rings is 1. The zero-order valence-electron chi connectivity index (χ0n) is 9.58. The molecule has 2 heterocycles. The molecule has 0 aliphatic rings. The van der Waals surface area contributed by atoms with E-state index in [1.165, 1.54) is 6.07 Å². The second kappa shape index (κ2) is 4.74. The van der Waals surface area contributed by atoms with Crippen molar-refractivity contribution >= 4 is 11.9 Å². The fourth-order valence-corrected chi connectivity index (χ4v) is 1.38. The molecule has 0 saturated heterocycles. The van der Waals surface area contributed by atoms with Gasteiger partial charge in [0.05, 0.1) is 12.1 Å². The molecule has 0 spiro atoms. The van der Waals surface area contributed by atoms with E-state index in [1.807, 2.05) is 7.05 Å². The van der Waals surface area contributed by atoms with Gasteiger partial charge in [-0.1, -0.05) is 0 Å². The van der Waals surface area contributed by atoms with Crippen LogP contribution in [0.15, 0.2) is 29.1 Å². The van der Waals surface area contributed by atoms with Gasteiger partial charge in [-0.2, -0.15) is 0 Å². The Morgan fingerprint density at radius 1 is 1.56 bits per heavy atom. The first kappa shape index (κ1) is 11.9. The summed E-state index contributed by atoms with van der Waals surface area (Å²) >= 11 is 0. The van der Waals surface area contributed by atoms with Crippen molar-refractivity contribution in [1.82, 2.24) is 14.9 Å². The van der Waals surface area contributed by atoms with Gasteiger partial charge in [0.2, 0.25) is 0 Å². The molecular weight excluding hydrogens is 238 g/mol. The third-order valence-corrected chi connectivity index (χ3v) is 2.40. The second-order valence-corrected chi connectivity index (χ2v) is 3.64. The molecule has 18 heavy (non-hydrogen) atoms. The number of nitrogens with one attached hydrogen (secondary N) is 1. The minimum absolute atomic E-state index is 0.0402. The lowest BCUT2D eigenvalue weighted by atomic mass is 10.3. The number of hydrogen-bond acceptors (Lipinski definition) is 4. The summed E-state index contributed by atoms with van der Waals surface area (Å²) in [6, 6.07) is 1.18. The largest absolute Gasteiger partial charge is 0.478 e. The Hall–Kier alpha value is -2.57. The predicted molar refractivity (Wildman–Crippen MR) is 60.0 cm³/mol. The van der Waals surface area contributed by atoms with Gasteiger partial charge in [-0.05, 0) is 0 Å². The number of rotatable bonds is 4. The highest BCUT2D eigenvalue weighted by Crippen LogP contribution is 2.07. The van der Waals surface area contributed by atoms with E-state index in [-0.39, 0.29) is 17.9 Å². The first-order valence-corrected chi connectivity index (χ1v) is 5.14. The number of aryl methyl sites for hydroxylation is 1. The lowest BCUT2D eigenvalue weighted by Crippen LogP contribution is -2.23. The number of carbonyl (C=O) groups excluding carboxylic acids is 1. The number of carbonyl (C=O) groups is 2. The second-order valence-electron chi connectivity index (χ2n) is 3.64. The number of carboxylic acid groups (broad SMARTS) is 1. The number of aromatic carboxylic acids is 1. The standard InChI is InChI=1S/C11H11N3O4/c1-14-3-2-12-9(14)5-13-10(15)8-4-7(6-18-8)11(16)17/h2-4,6H,5H2,1H3,(H,13,15)(H,16,17). The van der Waals surface area contributed by atoms with Gasteiger partial charge < -0.3 is 19.4 Å². The first-order valence-electron chi connectivity index (χ1n) is 5.14. The number of amides is 1. The van der Waals surface area contributed by atoms with E-state index in [9.17, 15) is 9.59 Å². The van der Waals surface area contributed by atoms with Gasteiger partial charge in [-0.25, -0.2) is 9.78 Å². The molecule has 0 fully saturated rings. The van der Waals surface area contributed by atoms with E-state index >= 15 is 0 Å². The number of nitrogens with zero attached hydrogens (tertiary/aromatic N) is 2. The summed E-state index contributed by atoms with van der Waals surface area (Å²) in [6.45, 7) is 0.242. The molecule has 2 aromatic rings. The average Bonchev–Trinajstić information content (AvgIpc) is 2.94. The Labute approximate surface area is 102 Å². The minimum atomic E-state index is -1.14. The molecule has 2 rings (SSSR count). The summed E-state index contributed by atoms with van der Waals surface area (Å²) in [5.74, 6) is -0.970. The van der Waals surface area contributed by atoms with Gasteiger partial charge in [-0.15, -0.1) is 0 Å². The van der Waals surface area contributed by atoms with Crippen molar-refractivity contribution in [2.24, 2.45) is 7.05 Å². The summed E-state index contributed by atoms with van der Waals surface area (Å²) in [4.78, 5) is 26.3. The lowest BCUT2D eigenvalue weighted by Gasteiger charge is -2.02. The van der Waals surface area contributed by atoms with Gasteiger partial charge in [-0.3, -0.25) is 4.79 Å². The highest BCUT2D eigenvalue weighted by molar-refractivity contribution is 5.95. The number of aromatic nitrogens is 2. The zero-order chi connectivity index (χ0) is 13.1. The van der Waals surface area contributed by atoms with Crippen molar-refractivity contribution < 1.29 is 19.1 Å². The molecule has 1 amide bonds. The fourth-order valence-electron chi connectivity index (χ4n) is 1.38. The van der Waals surface area contributed by atoms with Crippen LogP contribution in [-0.4, -0.2) is 26.5 Å². The fraction of sp³-hybridized carbons (Fsp3) is 0.182. The summed E-state index contributed by atoms with van der Waals surface area (Å²) < 4.78 is 6.64. The molecule has 0 aliphatic heterocycles. The van der Waals surface area contributed by atoms with Crippen molar-refractivity contribution in [3.8, 4) is 0 Å². The summed E-state index contributed by atoms with van der Waals surface area (Å²) in [6.07, 6.45) is 4.41. The summed E-state index contributed by atoms with van der Waals surface area (Å²) in [7, 11) is 1.81. The van der Waals surface area contributed by atoms with Crippen LogP contribution in [0.1, 0.15) is 26.7 Å². The van der Waals surface area contributed by atoms with Crippen molar-refractivity contribution in [3.63, 3.8) is 0 Å². The van der Waals surface area contributed by atoms with Crippen LogP contribution in [0.5, 0.6) is 0 Å². The first-order chi connectivity index (χ1) is 8.58. The predicted octanol–water partition coefficient (Wildman–Crippen LogP) is 0.641. The zero-order valence-corrected chi connectivity index (χ0v) is 9.58. The topological polar surface area (TPSA) is 97.4 Å². The molecule has 2 aromatic heterocycles. The summed E-state index contributed by atoms with van der Waals surface area (Å²) in [5, 5.41) is 11.3. The Bertz CT molecular complexity index is 585. The van der Waals surface area contributed by atoms with Crippen LogP contribution in [0.25, 0.3) is 0 Å². The molecule has 94 valence electrons. The molecular formula is C11H11N3O4. The van der Waals surface area contributed by atoms with Gasteiger partial charge in [0.15, 0.2) is 5.76 Å². The van der Waals surface area contributed by atoms with E-state index in [4.69, 9.17) is 9.52 Å². The smallest absolute Gasteiger partial charge is 0.338 e. The van der Waals surface area contributed by atoms with Gasteiger partial charge >= 0.3 is 5.97 Å². The molecule has 0 aliphatic carbocycles. The Kier molecular flexibility index (Phi) is 3.13. The van der Waals surface area contributed by atoms with Crippen molar-refractivity contribution in [3.05, 3.63) is 41.9 Å². The Balaban J connectivity index is 1.99. The van der Waals surface area contributed by atoms with Crippen molar-refractivity contribution in [2.45, 2.75) is 6.54 Å². The number of hydrogen-bond donors (Lipinski definition) is 2. The molecule has 2 N–H and O–H groups in total. The van der Waals surface area contributed by atoms with E-state index in [2.05, 4.69) is 10.3 Å². The molecule has 0 atom stereocenters. The monoisotopic (exact) mass is 249 g/mol. The van der Waals surface area contributed by atoms with Crippen LogP contribution in [0.2, 0.25) is 0 Å². The van der Waals surface area contributed by atoms with Crippen LogP contribution in [0.3, 0.4) is 0 Å². The SMILES string of the molecule is Cn1ccnc1CNC(=O)c1cc(C(=O)O)co1. The number of imidazole rings is 1. The van der Waals surface area contributed by atoms with E-state index in [1.54, 1.807) is 17.0 Å². The lowest BCUT2D eigenvalue weighted by molar-refractivity contribution is 0.0696. The maximum atomic E-state index is 11.7. The molecule has 7 heteroatoms. The third-order valence-electron chi connectivity index (χ3n) is 2.40. The molecule has 0 bridgehead atoms.